The minimum Gasteiger partial charge on any atom is -0.353 e. The number of amides is 1. The molecule has 2 aliphatic carbocycles. The van der Waals surface area contributed by atoms with Crippen LogP contribution in [0.2, 0.25) is 0 Å². The summed E-state index contributed by atoms with van der Waals surface area (Å²) in [5.74, 6) is 2.56. The number of nitrogens with two attached hydrogens (primary N) is 1. The molecule has 29 heavy (non-hydrogen) atoms. The number of carbonyl (C=O) groups is 1. The number of carbonyl (C=O) groups excluding carboxylic acids is 1. The fourth-order valence-electron chi connectivity index (χ4n) is 5.12. The zero-order valence-electron chi connectivity index (χ0n) is 16.8. The predicted octanol–water partition coefficient (Wildman–Crippen LogP) is 2.74. The third kappa shape index (κ3) is 4.18. The van der Waals surface area contributed by atoms with Crippen LogP contribution in [0.5, 0.6) is 0 Å². The van der Waals surface area contributed by atoms with Crippen LogP contribution in [0, 0.1) is 17.8 Å². The molecular weight excluding hydrogens is 408 g/mol. The maximum atomic E-state index is 12.5. The highest BCUT2D eigenvalue weighted by Crippen LogP contribution is 2.49. The molecule has 0 unspecified atom stereocenters. The lowest BCUT2D eigenvalue weighted by Crippen LogP contribution is -2.40. The summed E-state index contributed by atoms with van der Waals surface area (Å²) in [6.45, 7) is 4.80. The zero-order valence-corrected chi connectivity index (χ0v) is 18.4. The van der Waals surface area contributed by atoms with E-state index < -0.39 is 10.0 Å². The lowest BCUT2D eigenvalue weighted by molar-refractivity contribution is -0.119. The van der Waals surface area contributed by atoms with Gasteiger partial charge >= 0.3 is 0 Å². The molecule has 0 aliphatic heterocycles. The number of sulfonamides is 1. The molecule has 158 valence electrons. The first-order valence-electron chi connectivity index (χ1n) is 10.2. The molecule has 1 heterocycles. The molecule has 1 aromatic carbocycles. The van der Waals surface area contributed by atoms with Crippen molar-refractivity contribution >= 4 is 38.7 Å². The molecule has 0 spiro atoms. The summed E-state index contributed by atoms with van der Waals surface area (Å²) < 4.78 is 25.2. The second-order valence-electron chi connectivity index (χ2n) is 8.32. The summed E-state index contributed by atoms with van der Waals surface area (Å²) >= 11 is 1.38. The quantitative estimate of drug-likeness (QED) is 0.649. The Morgan fingerprint density at radius 1 is 1.38 bits per heavy atom. The molecule has 2 aromatic rings. The molecule has 2 fully saturated rings. The summed E-state index contributed by atoms with van der Waals surface area (Å²) in [4.78, 5) is 17.1. The number of hydrogen-bond donors (Lipinski definition) is 2. The number of nitrogens with one attached hydrogen (secondary N) is 1. The van der Waals surface area contributed by atoms with Crippen LogP contribution in [-0.4, -0.2) is 35.7 Å². The van der Waals surface area contributed by atoms with Crippen LogP contribution in [0.3, 0.4) is 0 Å². The number of aromatic nitrogens is 2. The summed E-state index contributed by atoms with van der Waals surface area (Å²) in [7, 11) is -3.78. The van der Waals surface area contributed by atoms with Crippen molar-refractivity contribution in [1.82, 2.24) is 14.9 Å². The molecule has 2 saturated carbocycles. The highest BCUT2D eigenvalue weighted by atomic mass is 32.2. The fourth-order valence-corrected chi connectivity index (χ4v) is 6.54. The minimum atomic E-state index is -3.78. The third-order valence-electron chi connectivity index (χ3n) is 6.49. The Labute approximate surface area is 175 Å². The summed E-state index contributed by atoms with van der Waals surface area (Å²) in [5, 5.41) is 9.11. The maximum absolute atomic E-state index is 12.5. The zero-order chi connectivity index (χ0) is 20.8. The molecule has 1 amide bonds. The van der Waals surface area contributed by atoms with E-state index in [9.17, 15) is 13.2 Å². The van der Waals surface area contributed by atoms with E-state index in [0.717, 1.165) is 17.4 Å². The molecule has 0 saturated heterocycles. The fraction of sp³-hybridized carbons (Fsp3) is 0.600. The Hall–Kier alpha value is -1.58. The Balaban J connectivity index is 1.42. The van der Waals surface area contributed by atoms with E-state index in [2.05, 4.69) is 17.2 Å². The van der Waals surface area contributed by atoms with Crippen molar-refractivity contribution in [1.29, 1.82) is 0 Å². The Morgan fingerprint density at radius 3 is 2.79 bits per heavy atom. The number of rotatable bonds is 7. The molecular formula is C20H28N4O3S2. The van der Waals surface area contributed by atoms with Gasteiger partial charge in [0.15, 0.2) is 5.16 Å². The average molecular weight is 437 g/mol. The van der Waals surface area contributed by atoms with Crippen molar-refractivity contribution in [3.8, 4) is 0 Å². The molecule has 1 aromatic heterocycles. The van der Waals surface area contributed by atoms with Crippen LogP contribution in [-0.2, 0) is 21.4 Å². The van der Waals surface area contributed by atoms with Crippen molar-refractivity contribution in [3.05, 3.63) is 18.2 Å². The smallest absolute Gasteiger partial charge is 0.238 e. The van der Waals surface area contributed by atoms with Gasteiger partial charge in [-0.2, -0.15) is 0 Å². The van der Waals surface area contributed by atoms with Crippen molar-refractivity contribution in [2.24, 2.45) is 22.9 Å². The number of hydrogen-bond acceptors (Lipinski definition) is 5. The van der Waals surface area contributed by atoms with Crippen LogP contribution in [0.15, 0.2) is 28.3 Å². The molecule has 2 bridgehead atoms. The van der Waals surface area contributed by atoms with Crippen LogP contribution in [0.1, 0.15) is 39.5 Å². The number of primary sulfonamides is 1. The number of fused-ring (bicyclic) bond motifs is 3. The van der Waals surface area contributed by atoms with Crippen molar-refractivity contribution < 1.29 is 13.2 Å². The largest absolute Gasteiger partial charge is 0.353 e. The summed E-state index contributed by atoms with van der Waals surface area (Å²) in [6, 6.07) is 4.90. The lowest BCUT2D eigenvalue weighted by Gasteiger charge is -2.28. The molecule has 4 atom stereocenters. The number of benzene rings is 1. The number of imidazole rings is 1. The first-order valence-corrected chi connectivity index (χ1v) is 12.7. The average Bonchev–Trinajstić information content (AvgIpc) is 3.38. The summed E-state index contributed by atoms with van der Waals surface area (Å²) in [6.07, 6.45) is 5.25. The van der Waals surface area contributed by atoms with Gasteiger partial charge in [0.25, 0.3) is 0 Å². The maximum Gasteiger partial charge on any atom is 0.238 e. The van der Waals surface area contributed by atoms with Gasteiger partial charge in [-0.3, -0.25) is 4.79 Å². The van der Waals surface area contributed by atoms with Gasteiger partial charge in [0.2, 0.25) is 15.9 Å². The van der Waals surface area contributed by atoms with Crippen LogP contribution in [0.25, 0.3) is 11.0 Å². The number of nitrogens with zero attached hydrogens (tertiary/aromatic N) is 2. The Morgan fingerprint density at radius 2 is 2.17 bits per heavy atom. The van der Waals surface area contributed by atoms with Gasteiger partial charge in [-0.1, -0.05) is 18.2 Å². The molecule has 7 nitrogen and oxygen atoms in total. The van der Waals surface area contributed by atoms with Gasteiger partial charge in [0, 0.05) is 12.6 Å². The minimum absolute atomic E-state index is 0.0187. The SMILES string of the molecule is CCn1c(SCC(=O)N[C@@H](C)[C@H]2C[C@@H]3CC[C@@H]2C3)nc2cc(S(N)(=O)=O)ccc21. The molecule has 0 radical (unpaired) electrons. The van der Waals surface area contributed by atoms with Crippen LogP contribution < -0.4 is 10.5 Å². The van der Waals surface area contributed by atoms with E-state index in [0.29, 0.717) is 23.1 Å². The predicted molar refractivity (Wildman–Crippen MR) is 114 cm³/mol. The molecule has 4 rings (SSSR count). The van der Waals surface area contributed by atoms with E-state index >= 15 is 0 Å². The highest BCUT2D eigenvalue weighted by molar-refractivity contribution is 7.99. The highest BCUT2D eigenvalue weighted by Gasteiger charge is 2.42. The van der Waals surface area contributed by atoms with Crippen molar-refractivity contribution in [2.45, 2.75) is 62.2 Å². The monoisotopic (exact) mass is 436 g/mol. The second kappa shape index (κ2) is 7.92. The number of aryl methyl sites for hydroxylation is 1. The molecule has 9 heteroatoms. The topological polar surface area (TPSA) is 107 Å². The normalized spacial score (nSPS) is 24.9. The van der Waals surface area contributed by atoms with E-state index in [1.807, 2.05) is 11.5 Å². The Kier molecular flexibility index (Phi) is 5.65. The van der Waals surface area contributed by atoms with Crippen LogP contribution in [0.4, 0.5) is 0 Å². The first-order chi connectivity index (χ1) is 13.8. The van der Waals surface area contributed by atoms with Gasteiger partial charge in [-0.05, 0) is 69.1 Å². The standard InChI is InChI=1S/C20H28N4O3S2/c1-3-24-18-7-6-15(29(21,26)27)10-17(18)23-20(24)28-11-19(25)22-12(2)16-9-13-4-5-14(16)8-13/h6-7,10,12-14,16H,3-5,8-9,11H2,1-2H3,(H,22,25)(H2,21,26,27)/t12-,13+,14+,16+/m0/s1. The van der Waals surface area contributed by atoms with Gasteiger partial charge < -0.3 is 9.88 Å². The Bertz CT molecular complexity index is 1030. The first kappa shape index (κ1) is 20.7. The van der Waals surface area contributed by atoms with Crippen molar-refractivity contribution in [3.63, 3.8) is 0 Å². The van der Waals surface area contributed by atoms with Crippen molar-refractivity contribution in [2.75, 3.05) is 5.75 Å². The van der Waals surface area contributed by atoms with Gasteiger partial charge in [0.05, 0.1) is 21.7 Å². The van der Waals surface area contributed by atoms with E-state index in [1.54, 1.807) is 6.07 Å². The van der Waals surface area contributed by atoms with Gasteiger partial charge in [-0.15, -0.1) is 0 Å². The van der Waals surface area contributed by atoms with E-state index in [1.165, 1.54) is 49.6 Å². The van der Waals surface area contributed by atoms with Crippen LogP contribution >= 0.6 is 11.8 Å². The second-order valence-corrected chi connectivity index (χ2v) is 10.8. The molecule has 2 aliphatic rings. The van der Waals surface area contributed by atoms with E-state index in [4.69, 9.17) is 5.14 Å². The third-order valence-corrected chi connectivity index (χ3v) is 8.37. The van der Waals surface area contributed by atoms with Gasteiger partial charge in [0.1, 0.15) is 0 Å². The lowest BCUT2D eigenvalue weighted by atomic mass is 9.84. The summed E-state index contributed by atoms with van der Waals surface area (Å²) in [5.41, 5.74) is 1.40. The number of thioether (sulfide) groups is 1. The van der Waals surface area contributed by atoms with Gasteiger partial charge in [-0.25, -0.2) is 18.5 Å². The van der Waals surface area contributed by atoms with E-state index in [-0.39, 0.29) is 22.6 Å². The molecule has 3 N–H and O–H groups in total.